The molecule has 0 saturated carbocycles. The first-order valence-electron chi connectivity index (χ1n) is 9.71. The molecule has 158 valence electrons. The van der Waals surface area contributed by atoms with Gasteiger partial charge in [-0.05, 0) is 68.4 Å². The average Bonchev–Trinajstić information content (AvgIpc) is 2.94. The summed E-state index contributed by atoms with van der Waals surface area (Å²) in [7, 11) is 0. The van der Waals surface area contributed by atoms with Crippen molar-refractivity contribution < 1.29 is 13.6 Å². The van der Waals surface area contributed by atoms with Crippen molar-refractivity contribution in [3.63, 3.8) is 0 Å². The van der Waals surface area contributed by atoms with Crippen molar-refractivity contribution in [3.05, 3.63) is 35.4 Å². The molecule has 3 fully saturated rings. The molecule has 1 spiro atoms. The van der Waals surface area contributed by atoms with Crippen LogP contribution in [-0.4, -0.2) is 54.5 Å². The Bertz CT molecular complexity index is 677. The summed E-state index contributed by atoms with van der Waals surface area (Å²) >= 11 is 0. The van der Waals surface area contributed by atoms with E-state index in [4.69, 9.17) is 0 Å². The van der Waals surface area contributed by atoms with Crippen LogP contribution in [0, 0.1) is 17.0 Å². The third-order valence-electron chi connectivity index (χ3n) is 6.41. The summed E-state index contributed by atoms with van der Waals surface area (Å²) < 4.78 is 26.5. The maximum Gasteiger partial charge on any atom is 0.223 e. The van der Waals surface area contributed by atoms with Gasteiger partial charge < -0.3 is 10.2 Å². The van der Waals surface area contributed by atoms with E-state index >= 15 is 0 Å². The van der Waals surface area contributed by atoms with Gasteiger partial charge in [0.05, 0.1) is 0 Å². The lowest BCUT2D eigenvalue weighted by Gasteiger charge is -2.43. The molecule has 3 saturated heterocycles. The molecule has 28 heavy (non-hydrogen) atoms. The van der Waals surface area contributed by atoms with E-state index in [9.17, 15) is 13.6 Å². The number of carbonyl (C=O) groups excluding carboxylic acids is 1. The Morgan fingerprint density at radius 3 is 2.54 bits per heavy atom. The highest BCUT2D eigenvalue weighted by atomic mass is 35.5. The predicted molar refractivity (Wildman–Crippen MR) is 110 cm³/mol. The second kappa shape index (κ2) is 9.70. The zero-order chi connectivity index (χ0) is 18.1. The molecular formula is C20H29Cl2F2N3O. The topological polar surface area (TPSA) is 35.6 Å². The zero-order valence-corrected chi connectivity index (χ0v) is 17.6. The molecule has 1 aromatic carbocycles. The number of nitrogens with one attached hydrogen (secondary N) is 1. The number of halogens is 4. The summed E-state index contributed by atoms with van der Waals surface area (Å²) in [6.45, 7) is 5.42. The van der Waals surface area contributed by atoms with Gasteiger partial charge in [-0.25, -0.2) is 8.78 Å². The number of piperidine rings is 2. The van der Waals surface area contributed by atoms with Crippen LogP contribution in [0.2, 0.25) is 0 Å². The van der Waals surface area contributed by atoms with E-state index in [2.05, 4.69) is 10.2 Å². The number of carbonyl (C=O) groups is 1. The Hall–Kier alpha value is -0.950. The molecule has 1 N–H and O–H groups in total. The van der Waals surface area contributed by atoms with Gasteiger partial charge in [0, 0.05) is 32.1 Å². The zero-order valence-electron chi connectivity index (χ0n) is 16.0. The third kappa shape index (κ3) is 4.96. The molecule has 1 unspecified atom stereocenters. The molecule has 3 aliphatic heterocycles. The van der Waals surface area contributed by atoms with Crippen molar-refractivity contribution in [1.82, 2.24) is 15.1 Å². The molecule has 4 rings (SSSR count). The van der Waals surface area contributed by atoms with Crippen LogP contribution in [0.1, 0.15) is 37.7 Å². The molecule has 4 nitrogen and oxygen atoms in total. The Labute approximate surface area is 177 Å². The van der Waals surface area contributed by atoms with Crippen LogP contribution in [0.15, 0.2) is 18.2 Å². The van der Waals surface area contributed by atoms with E-state index in [0.717, 1.165) is 51.6 Å². The maximum atomic E-state index is 13.4. The number of hydrogen-bond donors (Lipinski definition) is 1. The fourth-order valence-corrected chi connectivity index (χ4v) is 4.83. The standard InChI is InChI=1S/C20H27F2N3O.2ClH/c21-17-4-3-15(10-18(17)22)13-25-14-20(11-19(25)26)5-8-24(9-6-20)16-2-1-7-23-12-16;;/h3-4,10,16,23H,1-2,5-9,11-14H2;2*1H. The summed E-state index contributed by atoms with van der Waals surface area (Å²) in [6.07, 6.45) is 5.19. The van der Waals surface area contributed by atoms with Crippen molar-refractivity contribution in [2.24, 2.45) is 5.41 Å². The highest BCUT2D eigenvalue weighted by Gasteiger charge is 2.45. The Morgan fingerprint density at radius 2 is 1.89 bits per heavy atom. The highest BCUT2D eigenvalue weighted by Crippen LogP contribution is 2.42. The molecule has 8 heteroatoms. The SMILES string of the molecule is Cl.Cl.O=C1CC2(CCN(C3CCCNC3)CC2)CN1Cc1ccc(F)c(F)c1. The van der Waals surface area contributed by atoms with E-state index in [-0.39, 0.29) is 36.1 Å². The van der Waals surface area contributed by atoms with Gasteiger partial charge in [-0.3, -0.25) is 9.69 Å². The van der Waals surface area contributed by atoms with Gasteiger partial charge in [0.2, 0.25) is 5.91 Å². The average molecular weight is 436 g/mol. The number of benzene rings is 1. The fourth-order valence-electron chi connectivity index (χ4n) is 4.83. The van der Waals surface area contributed by atoms with Gasteiger partial charge in [-0.15, -0.1) is 24.8 Å². The lowest BCUT2D eigenvalue weighted by atomic mass is 9.77. The summed E-state index contributed by atoms with van der Waals surface area (Å²) in [5, 5.41) is 3.48. The largest absolute Gasteiger partial charge is 0.338 e. The molecule has 0 bridgehead atoms. The first-order valence-corrected chi connectivity index (χ1v) is 9.71. The summed E-state index contributed by atoms with van der Waals surface area (Å²) in [6, 6.07) is 4.54. The Morgan fingerprint density at radius 1 is 1.14 bits per heavy atom. The van der Waals surface area contributed by atoms with Gasteiger partial charge in [0.25, 0.3) is 0 Å². The van der Waals surface area contributed by atoms with Crippen LogP contribution in [0.3, 0.4) is 0 Å². The molecular weight excluding hydrogens is 407 g/mol. The monoisotopic (exact) mass is 435 g/mol. The summed E-state index contributed by atoms with van der Waals surface area (Å²) in [5.74, 6) is -1.55. The van der Waals surface area contributed by atoms with Gasteiger partial charge in [0.15, 0.2) is 11.6 Å². The lowest BCUT2D eigenvalue weighted by molar-refractivity contribution is -0.128. The van der Waals surface area contributed by atoms with Crippen LogP contribution >= 0.6 is 24.8 Å². The summed E-state index contributed by atoms with van der Waals surface area (Å²) in [4.78, 5) is 16.9. The number of rotatable bonds is 3. The molecule has 3 aliphatic rings. The first kappa shape index (κ1) is 23.3. The third-order valence-corrected chi connectivity index (χ3v) is 6.41. The van der Waals surface area contributed by atoms with Crippen LogP contribution in [0.25, 0.3) is 0 Å². The quantitative estimate of drug-likeness (QED) is 0.790. The molecule has 1 atom stereocenters. The molecule has 0 radical (unpaired) electrons. The van der Waals surface area contributed by atoms with Crippen LogP contribution in [0.4, 0.5) is 8.78 Å². The molecule has 0 aromatic heterocycles. The minimum Gasteiger partial charge on any atom is -0.338 e. The Balaban J connectivity index is 0.00000140. The summed E-state index contributed by atoms with van der Waals surface area (Å²) in [5.41, 5.74) is 0.717. The normalized spacial score (nSPS) is 24.7. The van der Waals surface area contributed by atoms with E-state index in [1.165, 1.54) is 18.9 Å². The minimum atomic E-state index is -0.849. The van der Waals surface area contributed by atoms with Crippen molar-refractivity contribution >= 4 is 30.7 Å². The van der Waals surface area contributed by atoms with Gasteiger partial charge >= 0.3 is 0 Å². The fraction of sp³-hybridized carbons (Fsp3) is 0.650. The van der Waals surface area contributed by atoms with Crippen molar-refractivity contribution in [1.29, 1.82) is 0 Å². The highest BCUT2D eigenvalue weighted by molar-refractivity contribution is 5.85. The molecule has 1 aromatic rings. The molecule has 1 amide bonds. The van der Waals surface area contributed by atoms with E-state index in [1.807, 2.05) is 4.90 Å². The van der Waals surface area contributed by atoms with Gasteiger partial charge in [-0.2, -0.15) is 0 Å². The van der Waals surface area contributed by atoms with Crippen molar-refractivity contribution in [2.75, 3.05) is 32.7 Å². The van der Waals surface area contributed by atoms with Crippen molar-refractivity contribution in [2.45, 2.75) is 44.7 Å². The lowest BCUT2D eigenvalue weighted by Crippen LogP contribution is -2.51. The first-order chi connectivity index (χ1) is 12.5. The number of hydrogen-bond acceptors (Lipinski definition) is 3. The van der Waals surface area contributed by atoms with E-state index < -0.39 is 11.6 Å². The molecule has 3 heterocycles. The second-order valence-corrected chi connectivity index (χ2v) is 8.21. The smallest absolute Gasteiger partial charge is 0.223 e. The van der Waals surface area contributed by atoms with Crippen LogP contribution in [0.5, 0.6) is 0 Å². The Kier molecular flexibility index (Phi) is 8.08. The minimum absolute atomic E-state index is 0. The van der Waals surface area contributed by atoms with E-state index in [0.29, 0.717) is 24.6 Å². The number of amides is 1. The van der Waals surface area contributed by atoms with Crippen LogP contribution < -0.4 is 5.32 Å². The second-order valence-electron chi connectivity index (χ2n) is 8.21. The maximum absolute atomic E-state index is 13.4. The van der Waals surface area contributed by atoms with E-state index in [1.54, 1.807) is 6.07 Å². The van der Waals surface area contributed by atoms with Gasteiger partial charge in [0.1, 0.15) is 0 Å². The van der Waals surface area contributed by atoms with Crippen LogP contribution in [-0.2, 0) is 11.3 Å². The predicted octanol–water partition coefficient (Wildman–Crippen LogP) is 3.37. The number of nitrogens with zero attached hydrogens (tertiary/aromatic N) is 2. The molecule has 0 aliphatic carbocycles. The van der Waals surface area contributed by atoms with Crippen molar-refractivity contribution in [3.8, 4) is 0 Å². The van der Waals surface area contributed by atoms with Gasteiger partial charge in [-0.1, -0.05) is 6.07 Å². The number of likely N-dealkylation sites (tertiary alicyclic amines) is 2.